The topological polar surface area (TPSA) is 32.3 Å². The summed E-state index contributed by atoms with van der Waals surface area (Å²) >= 11 is 12.1. The van der Waals surface area contributed by atoms with E-state index in [0.717, 1.165) is 10.5 Å². The van der Waals surface area contributed by atoms with Gasteiger partial charge in [0.05, 0.1) is 21.2 Å². The SMILES string of the molecule is CN(Cc1cc(C(F)(F)F)cc(C(F)(F)F)c1)C(=O)C1CCNCC1c1ccc(Cl)c(Cl)c1.Cl. The average molecular weight is 550 g/mol. The van der Waals surface area contributed by atoms with E-state index in [1.54, 1.807) is 18.2 Å². The fourth-order valence-corrected chi connectivity index (χ4v) is 4.30. The van der Waals surface area contributed by atoms with Gasteiger partial charge in [-0.1, -0.05) is 29.3 Å². The summed E-state index contributed by atoms with van der Waals surface area (Å²) in [5.41, 5.74) is -2.32. The van der Waals surface area contributed by atoms with E-state index in [2.05, 4.69) is 5.32 Å². The van der Waals surface area contributed by atoms with Gasteiger partial charge in [-0.05, 0) is 54.4 Å². The minimum atomic E-state index is -4.95. The summed E-state index contributed by atoms with van der Waals surface area (Å²) in [4.78, 5) is 14.4. The maximum Gasteiger partial charge on any atom is 0.416 e. The number of hydrogen-bond donors (Lipinski definition) is 1. The van der Waals surface area contributed by atoms with E-state index in [1.807, 2.05) is 0 Å². The number of amides is 1. The first-order valence-corrected chi connectivity index (χ1v) is 10.7. The van der Waals surface area contributed by atoms with Gasteiger partial charge in [0.2, 0.25) is 5.91 Å². The van der Waals surface area contributed by atoms with Crippen molar-refractivity contribution in [2.75, 3.05) is 20.1 Å². The van der Waals surface area contributed by atoms with Crippen LogP contribution < -0.4 is 5.32 Å². The Morgan fingerprint density at radius 1 is 1.00 bits per heavy atom. The second-order valence-electron chi connectivity index (χ2n) is 7.99. The van der Waals surface area contributed by atoms with Crippen LogP contribution in [0.5, 0.6) is 0 Å². The molecule has 0 bridgehead atoms. The van der Waals surface area contributed by atoms with Crippen LogP contribution in [0.15, 0.2) is 36.4 Å². The summed E-state index contributed by atoms with van der Waals surface area (Å²) in [5.74, 6) is -1.18. The Hall–Kier alpha value is -1.68. The van der Waals surface area contributed by atoms with E-state index in [4.69, 9.17) is 23.2 Å². The van der Waals surface area contributed by atoms with Crippen LogP contribution in [0.2, 0.25) is 10.0 Å². The van der Waals surface area contributed by atoms with Crippen molar-refractivity contribution in [1.29, 1.82) is 0 Å². The van der Waals surface area contributed by atoms with Gasteiger partial charge in [0.25, 0.3) is 0 Å². The summed E-state index contributed by atoms with van der Waals surface area (Å²) in [7, 11) is 1.36. The van der Waals surface area contributed by atoms with Crippen molar-refractivity contribution in [3.05, 3.63) is 68.7 Å². The van der Waals surface area contributed by atoms with Crippen LogP contribution in [-0.4, -0.2) is 30.9 Å². The monoisotopic (exact) mass is 548 g/mol. The summed E-state index contributed by atoms with van der Waals surface area (Å²) < 4.78 is 78.9. The van der Waals surface area contributed by atoms with Gasteiger partial charge in [-0.15, -0.1) is 12.4 Å². The average Bonchev–Trinajstić information content (AvgIpc) is 2.73. The van der Waals surface area contributed by atoms with E-state index >= 15 is 0 Å². The normalized spacial score (nSPS) is 18.9. The summed E-state index contributed by atoms with van der Waals surface area (Å²) in [6.45, 7) is 0.609. The Bertz CT molecular complexity index is 996. The molecule has 1 aliphatic rings. The van der Waals surface area contributed by atoms with E-state index in [-0.39, 0.29) is 35.9 Å². The fourth-order valence-electron chi connectivity index (χ4n) is 3.99. The molecule has 0 aliphatic carbocycles. The second-order valence-corrected chi connectivity index (χ2v) is 8.80. The molecule has 0 spiro atoms. The molecule has 0 aromatic heterocycles. The maximum absolute atomic E-state index is 13.2. The lowest BCUT2D eigenvalue weighted by Crippen LogP contribution is -2.43. The molecule has 34 heavy (non-hydrogen) atoms. The van der Waals surface area contributed by atoms with Crippen molar-refractivity contribution < 1.29 is 31.1 Å². The molecule has 0 saturated carbocycles. The van der Waals surface area contributed by atoms with Crippen LogP contribution in [0.1, 0.15) is 34.6 Å². The number of hydrogen-bond acceptors (Lipinski definition) is 2. The number of alkyl halides is 6. The van der Waals surface area contributed by atoms with E-state index < -0.39 is 35.9 Å². The number of nitrogens with one attached hydrogen (secondary N) is 1. The molecular weight excluding hydrogens is 529 g/mol. The van der Waals surface area contributed by atoms with E-state index in [0.29, 0.717) is 41.7 Å². The van der Waals surface area contributed by atoms with Crippen molar-refractivity contribution in [3.63, 3.8) is 0 Å². The molecule has 2 atom stereocenters. The number of carbonyl (C=O) groups is 1. The highest BCUT2D eigenvalue weighted by molar-refractivity contribution is 6.42. The van der Waals surface area contributed by atoms with Gasteiger partial charge in [0.15, 0.2) is 0 Å². The summed E-state index contributed by atoms with van der Waals surface area (Å²) in [5, 5.41) is 3.87. The first-order chi connectivity index (χ1) is 15.3. The number of benzene rings is 2. The zero-order valence-electron chi connectivity index (χ0n) is 17.7. The van der Waals surface area contributed by atoms with Crippen LogP contribution in [-0.2, 0) is 23.7 Å². The van der Waals surface area contributed by atoms with E-state index in [9.17, 15) is 31.1 Å². The van der Waals surface area contributed by atoms with Crippen LogP contribution in [0.4, 0.5) is 26.3 Å². The third-order valence-electron chi connectivity index (χ3n) is 5.61. The molecule has 2 unspecified atom stereocenters. The van der Waals surface area contributed by atoms with Gasteiger partial charge in [-0.25, -0.2) is 0 Å². The molecule has 1 saturated heterocycles. The van der Waals surface area contributed by atoms with Gasteiger partial charge in [0.1, 0.15) is 0 Å². The van der Waals surface area contributed by atoms with Crippen molar-refractivity contribution >= 4 is 41.5 Å². The Morgan fingerprint density at radius 3 is 2.12 bits per heavy atom. The third kappa shape index (κ3) is 6.71. The number of rotatable bonds is 4. The molecule has 1 amide bonds. The highest BCUT2D eigenvalue weighted by Crippen LogP contribution is 2.37. The largest absolute Gasteiger partial charge is 0.416 e. The smallest absolute Gasteiger partial charge is 0.341 e. The van der Waals surface area contributed by atoms with Crippen LogP contribution in [0.25, 0.3) is 0 Å². The molecule has 2 aromatic rings. The second kappa shape index (κ2) is 10.9. The van der Waals surface area contributed by atoms with Crippen molar-refractivity contribution in [2.24, 2.45) is 5.92 Å². The lowest BCUT2D eigenvalue weighted by molar-refractivity contribution is -0.143. The lowest BCUT2D eigenvalue weighted by atomic mass is 9.80. The molecule has 1 fully saturated rings. The molecule has 188 valence electrons. The molecular formula is C22H21Cl3F6N2O. The van der Waals surface area contributed by atoms with Crippen LogP contribution >= 0.6 is 35.6 Å². The minimum absolute atomic E-state index is 0. The summed E-state index contributed by atoms with van der Waals surface area (Å²) in [6.07, 6.45) is -9.45. The van der Waals surface area contributed by atoms with Gasteiger partial charge in [0, 0.05) is 32.0 Å². The number of carbonyl (C=O) groups excluding carboxylic acids is 1. The summed E-state index contributed by atoms with van der Waals surface area (Å²) in [6, 6.07) is 6.35. The van der Waals surface area contributed by atoms with Crippen LogP contribution in [0.3, 0.4) is 0 Å². The van der Waals surface area contributed by atoms with Gasteiger partial charge in [-0.3, -0.25) is 4.79 Å². The molecule has 0 radical (unpaired) electrons. The number of nitrogens with zero attached hydrogens (tertiary/aromatic N) is 1. The number of piperidine rings is 1. The van der Waals surface area contributed by atoms with Crippen molar-refractivity contribution in [3.8, 4) is 0 Å². The Morgan fingerprint density at radius 2 is 1.59 bits per heavy atom. The highest BCUT2D eigenvalue weighted by atomic mass is 35.5. The van der Waals surface area contributed by atoms with Gasteiger partial charge >= 0.3 is 12.4 Å². The van der Waals surface area contributed by atoms with Crippen molar-refractivity contribution in [2.45, 2.75) is 31.2 Å². The first kappa shape index (κ1) is 28.6. The zero-order valence-corrected chi connectivity index (χ0v) is 20.1. The van der Waals surface area contributed by atoms with Crippen molar-refractivity contribution in [1.82, 2.24) is 10.2 Å². The number of halogens is 9. The molecule has 1 aliphatic heterocycles. The molecule has 3 rings (SSSR count). The molecule has 1 heterocycles. The third-order valence-corrected chi connectivity index (χ3v) is 6.35. The Kier molecular flexibility index (Phi) is 9.18. The molecule has 12 heteroatoms. The lowest BCUT2D eigenvalue weighted by Gasteiger charge is -2.34. The standard InChI is InChI=1S/C22H20Cl2F6N2O.ClH/c1-32(11-12-6-14(21(25,26)27)9-15(7-12)22(28,29)30)20(33)16-4-5-31-10-17(16)13-2-3-18(23)19(24)8-13;/h2-3,6-9,16-17,31H,4-5,10-11H2,1H3;1H. The quantitative estimate of drug-likeness (QED) is 0.425. The Labute approximate surface area is 208 Å². The minimum Gasteiger partial charge on any atom is -0.341 e. The zero-order chi connectivity index (χ0) is 24.6. The van der Waals surface area contributed by atoms with Crippen LogP contribution in [0, 0.1) is 5.92 Å². The van der Waals surface area contributed by atoms with E-state index in [1.165, 1.54) is 7.05 Å². The van der Waals surface area contributed by atoms with Gasteiger partial charge < -0.3 is 10.2 Å². The predicted molar refractivity (Wildman–Crippen MR) is 120 cm³/mol. The predicted octanol–water partition coefficient (Wildman–Crippen LogP) is 6.80. The maximum atomic E-state index is 13.2. The highest BCUT2D eigenvalue weighted by Gasteiger charge is 2.38. The molecule has 3 nitrogen and oxygen atoms in total. The Balaban J connectivity index is 0.00000408. The first-order valence-electron chi connectivity index (χ1n) is 9.96. The molecule has 2 aromatic carbocycles. The fraction of sp³-hybridized carbons (Fsp3) is 0.409. The van der Waals surface area contributed by atoms with Gasteiger partial charge in [-0.2, -0.15) is 26.3 Å². The molecule has 1 N–H and O–H groups in total.